The van der Waals surface area contributed by atoms with Crippen LogP contribution in [0.25, 0.3) is 0 Å². The summed E-state index contributed by atoms with van der Waals surface area (Å²) in [6, 6.07) is 16.8. The van der Waals surface area contributed by atoms with E-state index < -0.39 is 0 Å². The lowest BCUT2D eigenvalue weighted by Crippen LogP contribution is -2.13. The molecular weight excluding hydrogens is 254 g/mol. The summed E-state index contributed by atoms with van der Waals surface area (Å²) in [6.07, 6.45) is 0.346. The molecule has 1 N–H and O–H groups in total. The average Bonchev–Trinajstić information content (AvgIpc) is 2.48. The van der Waals surface area contributed by atoms with Gasteiger partial charge < -0.3 is 14.8 Å². The van der Waals surface area contributed by atoms with Crippen LogP contribution in [0.3, 0.4) is 0 Å². The maximum absolute atomic E-state index is 11.5. The second-order valence-corrected chi connectivity index (χ2v) is 4.23. The Kier molecular flexibility index (Phi) is 5.15. The number of nitrogens with one attached hydrogen (secondary N) is 1. The molecule has 2 aromatic rings. The van der Waals surface area contributed by atoms with E-state index in [0.29, 0.717) is 13.0 Å². The van der Waals surface area contributed by atoms with Crippen molar-refractivity contribution in [3.63, 3.8) is 0 Å². The normalized spacial score (nSPS) is 10.1. The fourth-order valence-electron chi connectivity index (χ4n) is 1.65. The van der Waals surface area contributed by atoms with Crippen LogP contribution in [0.15, 0.2) is 54.6 Å². The molecule has 0 heterocycles. The Hall–Kier alpha value is -2.33. The molecule has 0 radical (unpaired) electrons. The summed E-state index contributed by atoms with van der Waals surface area (Å²) in [5.74, 6) is 1.44. The number of methoxy groups -OCH3 is 1. The number of carbonyl (C=O) groups is 1. The summed E-state index contributed by atoms with van der Waals surface area (Å²) in [5, 5.41) is 2.79. The highest BCUT2D eigenvalue weighted by molar-refractivity contribution is 5.90. The third-order valence-electron chi connectivity index (χ3n) is 2.65. The van der Waals surface area contributed by atoms with Crippen LogP contribution in [0.5, 0.6) is 11.5 Å². The summed E-state index contributed by atoms with van der Waals surface area (Å²) < 4.78 is 10.5. The Morgan fingerprint density at radius 1 is 1.00 bits per heavy atom. The predicted octanol–water partition coefficient (Wildman–Crippen LogP) is 3.45. The second kappa shape index (κ2) is 7.31. The fraction of sp³-hybridized carbons (Fsp3) is 0.188. The van der Waals surface area contributed by atoms with Gasteiger partial charge >= 0.3 is 0 Å². The van der Waals surface area contributed by atoms with Crippen molar-refractivity contribution in [2.24, 2.45) is 0 Å². The first-order chi connectivity index (χ1) is 9.78. The zero-order valence-corrected chi connectivity index (χ0v) is 11.3. The first kappa shape index (κ1) is 14.1. The third-order valence-corrected chi connectivity index (χ3v) is 2.65. The van der Waals surface area contributed by atoms with Crippen molar-refractivity contribution in [3.05, 3.63) is 54.6 Å². The minimum atomic E-state index is -0.0661. The van der Waals surface area contributed by atoms with Gasteiger partial charge in [0.05, 0.1) is 13.0 Å². The minimum Gasteiger partial charge on any atom is -0.457 e. The van der Waals surface area contributed by atoms with E-state index in [2.05, 4.69) is 5.32 Å². The van der Waals surface area contributed by atoms with E-state index in [9.17, 15) is 4.79 Å². The van der Waals surface area contributed by atoms with Crippen molar-refractivity contribution >= 4 is 11.6 Å². The highest BCUT2D eigenvalue weighted by Crippen LogP contribution is 2.22. The van der Waals surface area contributed by atoms with Gasteiger partial charge in [-0.05, 0) is 36.4 Å². The molecule has 0 spiro atoms. The topological polar surface area (TPSA) is 47.6 Å². The molecule has 0 saturated heterocycles. The summed E-state index contributed by atoms with van der Waals surface area (Å²) in [4.78, 5) is 11.5. The highest BCUT2D eigenvalue weighted by atomic mass is 16.5. The van der Waals surface area contributed by atoms with E-state index >= 15 is 0 Å². The van der Waals surface area contributed by atoms with E-state index in [1.54, 1.807) is 7.11 Å². The molecular formula is C16H17NO3. The number of carbonyl (C=O) groups excluding carboxylic acids is 1. The largest absolute Gasteiger partial charge is 0.457 e. The van der Waals surface area contributed by atoms with E-state index in [1.807, 2.05) is 54.6 Å². The molecule has 2 rings (SSSR count). The Bertz CT molecular complexity index is 537. The standard InChI is InChI=1S/C16H17NO3/c1-19-12-11-16(18)17-13-7-9-15(10-8-13)20-14-5-3-2-4-6-14/h2-10H,11-12H2,1H3,(H,17,18). The summed E-state index contributed by atoms with van der Waals surface area (Å²) in [6.45, 7) is 0.418. The Morgan fingerprint density at radius 3 is 2.30 bits per heavy atom. The van der Waals surface area contributed by atoms with Crippen LogP contribution in [-0.2, 0) is 9.53 Å². The number of ether oxygens (including phenoxy) is 2. The van der Waals surface area contributed by atoms with Gasteiger partial charge in [0.2, 0.25) is 5.91 Å². The number of hydrogen-bond donors (Lipinski definition) is 1. The molecule has 0 atom stereocenters. The molecule has 2 aromatic carbocycles. The van der Waals surface area contributed by atoms with Gasteiger partial charge in [0, 0.05) is 12.8 Å². The molecule has 0 saturated carbocycles. The lowest BCUT2D eigenvalue weighted by molar-refractivity contribution is -0.117. The van der Waals surface area contributed by atoms with Crippen LogP contribution in [0.4, 0.5) is 5.69 Å². The van der Waals surface area contributed by atoms with Gasteiger partial charge in [-0.3, -0.25) is 4.79 Å². The maximum atomic E-state index is 11.5. The van der Waals surface area contributed by atoms with Gasteiger partial charge in [-0.2, -0.15) is 0 Å². The number of hydrogen-bond acceptors (Lipinski definition) is 3. The van der Waals surface area contributed by atoms with E-state index in [-0.39, 0.29) is 5.91 Å². The molecule has 1 amide bonds. The molecule has 0 aliphatic carbocycles. The van der Waals surface area contributed by atoms with Gasteiger partial charge in [0.1, 0.15) is 11.5 Å². The lowest BCUT2D eigenvalue weighted by Gasteiger charge is -2.08. The number of benzene rings is 2. The SMILES string of the molecule is COCCC(=O)Nc1ccc(Oc2ccccc2)cc1. The maximum Gasteiger partial charge on any atom is 0.226 e. The number of amides is 1. The quantitative estimate of drug-likeness (QED) is 0.875. The summed E-state index contributed by atoms with van der Waals surface area (Å²) in [7, 11) is 1.57. The first-order valence-corrected chi connectivity index (χ1v) is 6.39. The minimum absolute atomic E-state index is 0.0661. The molecule has 104 valence electrons. The Labute approximate surface area is 118 Å². The molecule has 0 bridgehead atoms. The third kappa shape index (κ3) is 4.40. The number of para-hydroxylation sites is 1. The van der Waals surface area contributed by atoms with Gasteiger partial charge in [-0.25, -0.2) is 0 Å². The van der Waals surface area contributed by atoms with Gasteiger partial charge in [0.25, 0.3) is 0 Å². The molecule has 4 heteroatoms. The number of rotatable bonds is 6. The van der Waals surface area contributed by atoms with Gasteiger partial charge in [-0.15, -0.1) is 0 Å². The van der Waals surface area contributed by atoms with E-state index in [4.69, 9.17) is 9.47 Å². The summed E-state index contributed by atoms with van der Waals surface area (Å²) >= 11 is 0. The molecule has 4 nitrogen and oxygen atoms in total. The smallest absolute Gasteiger partial charge is 0.226 e. The zero-order chi connectivity index (χ0) is 14.2. The monoisotopic (exact) mass is 271 g/mol. The van der Waals surface area contributed by atoms with Crippen LogP contribution in [-0.4, -0.2) is 19.6 Å². The Balaban J connectivity index is 1.91. The van der Waals surface area contributed by atoms with Crippen molar-refractivity contribution in [2.45, 2.75) is 6.42 Å². The van der Waals surface area contributed by atoms with Crippen LogP contribution < -0.4 is 10.1 Å². The molecule has 0 fully saturated rings. The average molecular weight is 271 g/mol. The lowest BCUT2D eigenvalue weighted by atomic mass is 10.3. The van der Waals surface area contributed by atoms with Crippen LogP contribution in [0.1, 0.15) is 6.42 Å². The van der Waals surface area contributed by atoms with Crippen molar-refractivity contribution in [1.82, 2.24) is 0 Å². The van der Waals surface area contributed by atoms with Crippen molar-refractivity contribution in [1.29, 1.82) is 0 Å². The first-order valence-electron chi connectivity index (χ1n) is 6.39. The van der Waals surface area contributed by atoms with Crippen LogP contribution in [0.2, 0.25) is 0 Å². The van der Waals surface area contributed by atoms with Crippen molar-refractivity contribution in [2.75, 3.05) is 19.0 Å². The van der Waals surface area contributed by atoms with E-state index in [0.717, 1.165) is 17.2 Å². The molecule has 0 unspecified atom stereocenters. The predicted molar refractivity (Wildman–Crippen MR) is 78.1 cm³/mol. The summed E-state index contributed by atoms with van der Waals surface area (Å²) in [5.41, 5.74) is 0.742. The fourth-order valence-corrected chi connectivity index (χ4v) is 1.65. The number of anilines is 1. The van der Waals surface area contributed by atoms with Crippen molar-refractivity contribution in [3.8, 4) is 11.5 Å². The molecule has 0 aliphatic rings. The Morgan fingerprint density at radius 2 is 1.65 bits per heavy atom. The molecule has 0 aromatic heterocycles. The second-order valence-electron chi connectivity index (χ2n) is 4.23. The zero-order valence-electron chi connectivity index (χ0n) is 11.3. The van der Waals surface area contributed by atoms with Crippen LogP contribution in [0, 0.1) is 0 Å². The van der Waals surface area contributed by atoms with E-state index in [1.165, 1.54) is 0 Å². The highest BCUT2D eigenvalue weighted by Gasteiger charge is 2.02. The van der Waals surface area contributed by atoms with Crippen molar-refractivity contribution < 1.29 is 14.3 Å². The molecule has 20 heavy (non-hydrogen) atoms. The van der Waals surface area contributed by atoms with Crippen LogP contribution >= 0.6 is 0 Å². The van der Waals surface area contributed by atoms with Gasteiger partial charge in [-0.1, -0.05) is 18.2 Å². The molecule has 0 aliphatic heterocycles. The van der Waals surface area contributed by atoms with Gasteiger partial charge in [0.15, 0.2) is 0 Å².